The summed E-state index contributed by atoms with van der Waals surface area (Å²) in [5, 5.41) is 9.16. The molecule has 0 bridgehead atoms. The smallest absolute Gasteiger partial charge is 0.319 e. The lowest BCUT2D eigenvalue weighted by molar-refractivity contribution is 0.247. The van der Waals surface area contributed by atoms with Crippen LogP contribution in [-0.4, -0.2) is 30.1 Å². The summed E-state index contributed by atoms with van der Waals surface area (Å²) in [6, 6.07) is 4.94. The van der Waals surface area contributed by atoms with E-state index in [1.807, 2.05) is 5.38 Å². The maximum Gasteiger partial charge on any atom is 0.319 e. The Hall–Kier alpha value is -1.99. The maximum atomic E-state index is 13.5. The van der Waals surface area contributed by atoms with E-state index in [9.17, 15) is 13.6 Å². The van der Waals surface area contributed by atoms with Crippen molar-refractivity contribution < 1.29 is 13.6 Å². The van der Waals surface area contributed by atoms with Crippen molar-refractivity contribution in [2.24, 2.45) is 0 Å². The van der Waals surface area contributed by atoms with E-state index in [4.69, 9.17) is 0 Å². The minimum Gasteiger partial charge on any atom is -0.334 e. The Bertz CT molecular complexity index is 658. The van der Waals surface area contributed by atoms with Crippen LogP contribution in [0.2, 0.25) is 0 Å². The molecule has 2 heterocycles. The van der Waals surface area contributed by atoms with E-state index in [1.54, 1.807) is 11.3 Å². The van der Waals surface area contributed by atoms with Crippen LogP contribution in [-0.2, 0) is 6.54 Å². The van der Waals surface area contributed by atoms with Crippen molar-refractivity contribution in [1.82, 2.24) is 10.2 Å². The van der Waals surface area contributed by atoms with Gasteiger partial charge in [-0.05, 0) is 40.9 Å². The first-order valence-corrected chi connectivity index (χ1v) is 8.31. The van der Waals surface area contributed by atoms with Gasteiger partial charge in [0.2, 0.25) is 0 Å². The molecule has 23 heavy (non-hydrogen) atoms. The monoisotopic (exact) mass is 337 g/mol. The summed E-state index contributed by atoms with van der Waals surface area (Å²) in [5.74, 6) is -1.57. The van der Waals surface area contributed by atoms with E-state index in [2.05, 4.69) is 27.0 Å². The first kappa shape index (κ1) is 15.9. The highest BCUT2D eigenvalue weighted by Gasteiger charge is 2.24. The summed E-state index contributed by atoms with van der Waals surface area (Å²) < 4.78 is 27.0. The zero-order valence-corrected chi connectivity index (χ0v) is 13.2. The molecule has 1 saturated heterocycles. The number of nitrogens with one attached hydrogen (secondary N) is 2. The van der Waals surface area contributed by atoms with Gasteiger partial charge in [0, 0.05) is 25.7 Å². The Morgan fingerprint density at radius 3 is 2.78 bits per heavy atom. The third-order valence-electron chi connectivity index (χ3n) is 3.80. The van der Waals surface area contributed by atoms with Crippen molar-refractivity contribution in [1.29, 1.82) is 0 Å². The maximum absolute atomic E-state index is 13.5. The third kappa shape index (κ3) is 4.05. The Kier molecular flexibility index (Phi) is 4.88. The van der Waals surface area contributed by atoms with E-state index in [0.717, 1.165) is 38.2 Å². The highest BCUT2D eigenvalue weighted by atomic mass is 32.1. The van der Waals surface area contributed by atoms with Crippen LogP contribution in [0.5, 0.6) is 0 Å². The van der Waals surface area contributed by atoms with E-state index in [1.165, 1.54) is 11.6 Å². The van der Waals surface area contributed by atoms with Crippen LogP contribution < -0.4 is 10.6 Å². The molecular formula is C16H17F2N3OS. The van der Waals surface area contributed by atoms with Crippen LogP contribution in [0.1, 0.15) is 12.0 Å². The van der Waals surface area contributed by atoms with Crippen molar-refractivity contribution >= 4 is 23.1 Å². The summed E-state index contributed by atoms with van der Waals surface area (Å²) in [5.41, 5.74) is 0.839. The van der Waals surface area contributed by atoms with Gasteiger partial charge in [-0.2, -0.15) is 11.3 Å². The van der Waals surface area contributed by atoms with Crippen LogP contribution in [0.25, 0.3) is 0 Å². The van der Waals surface area contributed by atoms with Crippen LogP contribution in [0, 0.1) is 11.6 Å². The van der Waals surface area contributed by atoms with E-state index < -0.39 is 23.4 Å². The molecule has 1 fully saturated rings. The Morgan fingerprint density at radius 2 is 2.09 bits per heavy atom. The molecule has 1 aromatic heterocycles. The number of hydrogen-bond acceptors (Lipinski definition) is 3. The molecule has 0 radical (unpaired) electrons. The first-order valence-electron chi connectivity index (χ1n) is 7.37. The van der Waals surface area contributed by atoms with E-state index in [-0.39, 0.29) is 6.04 Å². The second kappa shape index (κ2) is 7.06. The normalized spacial score (nSPS) is 18.1. The standard InChI is InChI=1S/C16H17F2N3OS/c17-13-2-1-3-14(18)15(13)20-16(22)19-12-4-6-21(9-12)8-11-5-7-23-10-11/h1-3,5,7,10,12H,4,6,8-9H2,(H2,19,20,22). The molecule has 1 atom stereocenters. The zero-order valence-electron chi connectivity index (χ0n) is 12.4. The number of urea groups is 1. The van der Waals surface area contributed by atoms with E-state index >= 15 is 0 Å². The van der Waals surface area contributed by atoms with Crippen molar-refractivity contribution in [2.75, 3.05) is 18.4 Å². The van der Waals surface area contributed by atoms with Gasteiger partial charge in [0.05, 0.1) is 0 Å². The lowest BCUT2D eigenvalue weighted by Crippen LogP contribution is -2.39. The van der Waals surface area contributed by atoms with Crippen LogP contribution in [0.15, 0.2) is 35.0 Å². The largest absolute Gasteiger partial charge is 0.334 e. The fourth-order valence-electron chi connectivity index (χ4n) is 2.69. The number of carbonyl (C=O) groups is 1. The van der Waals surface area contributed by atoms with Crippen molar-refractivity contribution in [3.63, 3.8) is 0 Å². The number of rotatable bonds is 4. The Morgan fingerprint density at radius 1 is 1.30 bits per heavy atom. The number of likely N-dealkylation sites (tertiary alicyclic amines) is 1. The third-order valence-corrected chi connectivity index (χ3v) is 4.53. The van der Waals surface area contributed by atoms with Gasteiger partial charge in [0.1, 0.15) is 17.3 Å². The van der Waals surface area contributed by atoms with Gasteiger partial charge in [0.15, 0.2) is 0 Å². The molecule has 2 N–H and O–H groups in total. The molecule has 3 rings (SSSR count). The fourth-order valence-corrected chi connectivity index (χ4v) is 3.35. The number of para-hydroxylation sites is 1. The second-order valence-corrected chi connectivity index (χ2v) is 6.33. The Labute approximate surface area is 137 Å². The zero-order chi connectivity index (χ0) is 16.2. The number of amides is 2. The van der Waals surface area contributed by atoms with Gasteiger partial charge >= 0.3 is 6.03 Å². The molecule has 2 aromatic rings. The minimum atomic E-state index is -0.786. The Balaban J connectivity index is 1.51. The van der Waals surface area contributed by atoms with Gasteiger partial charge in [-0.3, -0.25) is 4.90 Å². The molecule has 1 aliphatic rings. The predicted octanol–water partition coefficient (Wildman–Crippen LogP) is 3.42. The van der Waals surface area contributed by atoms with Gasteiger partial charge in [0.25, 0.3) is 0 Å². The number of carbonyl (C=O) groups excluding carboxylic acids is 1. The highest BCUT2D eigenvalue weighted by Crippen LogP contribution is 2.19. The average Bonchev–Trinajstić information content (AvgIpc) is 3.16. The van der Waals surface area contributed by atoms with Gasteiger partial charge in [-0.25, -0.2) is 13.6 Å². The van der Waals surface area contributed by atoms with Crippen molar-refractivity contribution in [2.45, 2.75) is 19.0 Å². The molecule has 1 aliphatic heterocycles. The lowest BCUT2D eigenvalue weighted by atomic mass is 10.2. The van der Waals surface area contributed by atoms with Gasteiger partial charge in [-0.15, -0.1) is 0 Å². The molecule has 1 unspecified atom stereocenters. The predicted molar refractivity (Wildman–Crippen MR) is 86.5 cm³/mol. The molecule has 2 amide bonds. The number of hydrogen-bond donors (Lipinski definition) is 2. The lowest BCUT2D eigenvalue weighted by Gasteiger charge is -2.16. The first-order chi connectivity index (χ1) is 11.1. The van der Waals surface area contributed by atoms with Crippen molar-refractivity contribution in [3.8, 4) is 0 Å². The molecular weight excluding hydrogens is 320 g/mol. The molecule has 4 nitrogen and oxygen atoms in total. The summed E-state index contributed by atoms with van der Waals surface area (Å²) in [6.45, 7) is 2.46. The molecule has 1 aromatic carbocycles. The molecule has 0 saturated carbocycles. The SMILES string of the molecule is O=C(Nc1c(F)cccc1F)NC1CCN(Cc2ccsc2)C1. The highest BCUT2D eigenvalue weighted by molar-refractivity contribution is 7.07. The number of anilines is 1. The van der Waals surface area contributed by atoms with Crippen LogP contribution >= 0.6 is 11.3 Å². The van der Waals surface area contributed by atoms with Crippen molar-refractivity contribution in [3.05, 3.63) is 52.2 Å². The summed E-state index contributed by atoms with van der Waals surface area (Å²) in [4.78, 5) is 14.2. The molecule has 0 spiro atoms. The number of benzene rings is 1. The van der Waals surface area contributed by atoms with Crippen LogP contribution in [0.4, 0.5) is 19.3 Å². The molecule has 0 aliphatic carbocycles. The fraction of sp³-hybridized carbons (Fsp3) is 0.312. The summed E-state index contributed by atoms with van der Waals surface area (Å²) >= 11 is 1.66. The van der Waals surface area contributed by atoms with Crippen LogP contribution in [0.3, 0.4) is 0 Å². The average molecular weight is 337 g/mol. The molecule has 122 valence electrons. The topological polar surface area (TPSA) is 44.4 Å². The van der Waals surface area contributed by atoms with Gasteiger partial charge < -0.3 is 10.6 Å². The number of thiophene rings is 1. The van der Waals surface area contributed by atoms with E-state index in [0.29, 0.717) is 0 Å². The summed E-state index contributed by atoms with van der Waals surface area (Å²) in [6.07, 6.45) is 0.817. The molecule has 7 heteroatoms. The minimum absolute atomic E-state index is 0.0246. The van der Waals surface area contributed by atoms with Gasteiger partial charge in [-0.1, -0.05) is 6.07 Å². The summed E-state index contributed by atoms with van der Waals surface area (Å²) in [7, 11) is 0. The number of halogens is 2. The quantitative estimate of drug-likeness (QED) is 0.898. The number of nitrogens with zero attached hydrogens (tertiary/aromatic N) is 1. The second-order valence-electron chi connectivity index (χ2n) is 5.55.